The molecule has 0 spiro atoms. The molecule has 2 atom stereocenters. The third kappa shape index (κ3) is 3.49. The summed E-state index contributed by atoms with van der Waals surface area (Å²) in [4.78, 5) is 2.47. The van der Waals surface area contributed by atoms with Crippen LogP contribution in [0.2, 0.25) is 0 Å². The van der Waals surface area contributed by atoms with Gasteiger partial charge in [0, 0.05) is 18.8 Å². The van der Waals surface area contributed by atoms with Crippen LogP contribution >= 0.6 is 0 Å². The first-order valence-corrected chi connectivity index (χ1v) is 8.72. The molecule has 2 fully saturated rings. The maximum Gasteiger partial charge on any atom is 0.0764 e. The Bertz CT molecular complexity index is 436. The molecule has 1 heterocycles. The minimum Gasteiger partial charge on any atom is -0.330 e. The quantitative estimate of drug-likeness (QED) is 0.907. The summed E-state index contributed by atoms with van der Waals surface area (Å²) in [5.74, 6) is 0.676. The fraction of sp³-hybridized carbons (Fsp3) is 0.824. The van der Waals surface area contributed by atoms with Crippen molar-refractivity contribution in [1.82, 2.24) is 14.7 Å². The Kier molecular flexibility index (Phi) is 4.96. The minimum absolute atomic E-state index is 0.640. The van der Waals surface area contributed by atoms with Gasteiger partial charge >= 0.3 is 0 Å². The summed E-state index contributed by atoms with van der Waals surface area (Å²) < 4.78 is 2.22. The predicted octanol–water partition coefficient (Wildman–Crippen LogP) is 2.95. The molecule has 4 heteroatoms. The van der Waals surface area contributed by atoms with Crippen LogP contribution in [0.3, 0.4) is 0 Å². The Morgan fingerprint density at radius 2 is 2.00 bits per heavy atom. The largest absolute Gasteiger partial charge is 0.330 e. The van der Waals surface area contributed by atoms with Crippen LogP contribution in [-0.4, -0.2) is 34.3 Å². The van der Waals surface area contributed by atoms with Gasteiger partial charge < -0.3 is 5.73 Å². The van der Waals surface area contributed by atoms with Crippen molar-refractivity contribution in [3.63, 3.8) is 0 Å². The van der Waals surface area contributed by atoms with Gasteiger partial charge in [-0.05, 0) is 51.3 Å². The lowest BCUT2D eigenvalue weighted by Crippen LogP contribution is -2.37. The smallest absolute Gasteiger partial charge is 0.0764 e. The summed E-state index contributed by atoms with van der Waals surface area (Å²) in [5.41, 5.74) is 7.12. The number of hydrogen-bond acceptors (Lipinski definition) is 3. The predicted molar refractivity (Wildman–Crippen MR) is 86.0 cm³/mol. The Balaban J connectivity index is 1.58. The van der Waals surface area contributed by atoms with E-state index in [2.05, 4.69) is 28.9 Å². The molecule has 3 rings (SSSR count). The molecule has 0 aliphatic heterocycles. The number of nitrogens with zero attached hydrogens (tertiary/aromatic N) is 3. The molecule has 2 unspecified atom stereocenters. The highest BCUT2D eigenvalue weighted by Gasteiger charge is 2.29. The van der Waals surface area contributed by atoms with E-state index in [4.69, 9.17) is 10.8 Å². The molecule has 2 saturated carbocycles. The second kappa shape index (κ2) is 6.93. The molecular weight excluding hydrogens is 260 g/mol. The van der Waals surface area contributed by atoms with Crippen molar-refractivity contribution in [3.05, 3.63) is 18.0 Å². The third-order valence-corrected chi connectivity index (χ3v) is 5.51. The first-order valence-electron chi connectivity index (χ1n) is 8.72. The van der Waals surface area contributed by atoms with Crippen molar-refractivity contribution in [2.45, 2.75) is 70.0 Å². The van der Waals surface area contributed by atoms with Gasteiger partial charge in [-0.15, -0.1) is 0 Å². The average Bonchev–Trinajstić information content (AvgIpc) is 3.16. The zero-order valence-electron chi connectivity index (χ0n) is 13.4. The first-order chi connectivity index (χ1) is 10.3. The maximum absolute atomic E-state index is 5.91. The minimum atomic E-state index is 0.640. The Morgan fingerprint density at radius 3 is 2.76 bits per heavy atom. The maximum atomic E-state index is 5.91. The van der Waals surface area contributed by atoms with Crippen molar-refractivity contribution < 1.29 is 0 Å². The molecule has 0 saturated heterocycles. The highest BCUT2D eigenvalue weighted by molar-refractivity contribution is 5.01. The molecule has 0 radical (unpaired) electrons. The van der Waals surface area contributed by atoms with Crippen LogP contribution in [0, 0.1) is 5.92 Å². The van der Waals surface area contributed by atoms with Crippen LogP contribution < -0.4 is 5.73 Å². The van der Waals surface area contributed by atoms with E-state index in [1.54, 1.807) is 0 Å². The number of aromatic nitrogens is 2. The van der Waals surface area contributed by atoms with Gasteiger partial charge in [-0.3, -0.25) is 9.58 Å². The molecule has 21 heavy (non-hydrogen) atoms. The molecular formula is C17H30N4. The van der Waals surface area contributed by atoms with Gasteiger partial charge in [0.25, 0.3) is 0 Å². The van der Waals surface area contributed by atoms with E-state index in [1.165, 1.54) is 57.1 Å². The Hall–Kier alpha value is -0.870. The summed E-state index contributed by atoms with van der Waals surface area (Å²) in [5, 5.41) is 4.84. The summed E-state index contributed by atoms with van der Waals surface area (Å²) in [6.45, 7) is 1.78. The van der Waals surface area contributed by atoms with E-state index in [0.717, 1.165) is 13.1 Å². The zero-order valence-corrected chi connectivity index (χ0v) is 13.4. The van der Waals surface area contributed by atoms with Gasteiger partial charge in [-0.2, -0.15) is 5.10 Å². The molecule has 0 aromatic carbocycles. The van der Waals surface area contributed by atoms with Crippen LogP contribution in [0.4, 0.5) is 0 Å². The third-order valence-electron chi connectivity index (χ3n) is 5.51. The van der Waals surface area contributed by atoms with E-state index < -0.39 is 0 Å². The summed E-state index contributed by atoms with van der Waals surface area (Å²) in [6.07, 6.45) is 12.8. The zero-order chi connectivity index (χ0) is 14.7. The summed E-state index contributed by atoms with van der Waals surface area (Å²) in [6, 6.07) is 3.49. The Labute approximate surface area is 128 Å². The summed E-state index contributed by atoms with van der Waals surface area (Å²) >= 11 is 0. The second-order valence-corrected chi connectivity index (χ2v) is 6.99. The molecule has 118 valence electrons. The topological polar surface area (TPSA) is 47.1 Å². The van der Waals surface area contributed by atoms with Gasteiger partial charge in [0.05, 0.1) is 11.7 Å². The Morgan fingerprint density at radius 1 is 1.19 bits per heavy atom. The molecule has 1 aromatic heterocycles. The van der Waals surface area contributed by atoms with E-state index in [0.29, 0.717) is 18.0 Å². The molecule has 2 N–H and O–H groups in total. The second-order valence-electron chi connectivity index (χ2n) is 6.99. The van der Waals surface area contributed by atoms with Crippen LogP contribution in [0.25, 0.3) is 0 Å². The average molecular weight is 290 g/mol. The van der Waals surface area contributed by atoms with Gasteiger partial charge in [0.2, 0.25) is 0 Å². The standard InChI is InChI=1S/C17H30N4/c1-20(17-9-5-6-14(17)12-18)13-15-10-11-21(19-15)16-7-3-2-4-8-16/h10-11,14,16-17H,2-9,12-13,18H2,1H3. The highest BCUT2D eigenvalue weighted by Crippen LogP contribution is 2.30. The van der Waals surface area contributed by atoms with E-state index >= 15 is 0 Å². The van der Waals surface area contributed by atoms with Crippen LogP contribution in [0.15, 0.2) is 12.3 Å². The van der Waals surface area contributed by atoms with E-state index in [9.17, 15) is 0 Å². The molecule has 2 aliphatic rings. The lowest BCUT2D eigenvalue weighted by atomic mass is 9.96. The fourth-order valence-corrected chi connectivity index (χ4v) is 4.26. The van der Waals surface area contributed by atoms with Crippen LogP contribution in [0.5, 0.6) is 0 Å². The van der Waals surface area contributed by atoms with Crippen LogP contribution in [0.1, 0.15) is 63.1 Å². The number of rotatable bonds is 5. The lowest BCUT2D eigenvalue weighted by Gasteiger charge is -2.28. The van der Waals surface area contributed by atoms with Gasteiger partial charge in [-0.25, -0.2) is 0 Å². The number of nitrogens with two attached hydrogens (primary N) is 1. The van der Waals surface area contributed by atoms with Gasteiger partial charge in [0.1, 0.15) is 0 Å². The van der Waals surface area contributed by atoms with Crippen molar-refractivity contribution >= 4 is 0 Å². The van der Waals surface area contributed by atoms with Gasteiger partial charge in [-0.1, -0.05) is 25.7 Å². The van der Waals surface area contributed by atoms with E-state index in [1.807, 2.05) is 0 Å². The normalized spacial score (nSPS) is 27.6. The molecule has 2 aliphatic carbocycles. The highest BCUT2D eigenvalue weighted by atomic mass is 15.3. The van der Waals surface area contributed by atoms with Gasteiger partial charge in [0.15, 0.2) is 0 Å². The van der Waals surface area contributed by atoms with Crippen molar-refractivity contribution in [3.8, 4) is 0 Å². The SMILES string of the molecule is CN(Cc1ccn(C2CCCCC2)n1)C1CCCC1CN. The van der Waals surface area contributed by atoms with E-state index in [-0.39, 0.29) is 0 Å². The molecule has 4 nitrogen and oxygen atoms in total. The fourth-order valence-electron chi connectivity index (χ4n) is 4.26. The first kappa shape index (κ1) is 15.0. The van der Waals surface area contributed by atoms with Crippen molar-refractivity contribution in [1.29, 1.82) is 0 Å². The molecule has 0 bridgehead atoms. The van der Waals surface area contributed by atoms with Crippen molar-refractivity contribution in [2.24, 2.45) is 11.7 Å². The molecule has 0 amide bonds. The summed E-state index contributed by atoms with van der Waals surface area (Å²) in [7, 11) is 2.23. The monoisotopic (exact) mass is 290 g/mol. The molecule has 1 aromatic rings. The lowest BCUT2D eigenvalue weighted by molar-refractivity contribution is 0.190. The van der Waals surface area contributed by atoms with Crippen LogP contribution in [-0.2, 0) is 6.54 Å². The van der Waals surface area contributed by atoms with Crippen molar-refractivity contribution in [2.75, 3.05) is 13.6 Å². The number of hydrogen-bond donors (Lipinski definition) is 1.